The quantitative estimate of drug-likeness (QED) is 0.900. The summed E-state index contributed by atoms with van der Waals surface area (Å²) in [5.41, 5.74) is 3.04. The molecule has 7 nitrogen and oxygen atoms in total. The number of nitrogens with one attached hydrogen (secondary N) is 1. The fourth-order valence-corrected chi connectivity index (χ4v) is 3.71. The molecular formula is C20H27N5O2. The van der Waals surface area contributed by atoms with Gasteiger partial charge in [-0.25, -0.2) is 4.79 Å². The molecule has 2 aromatic rings. The third-order valence-electron chi connectivity index (χ3n) is 5.27. The average molecular weight is 369 g/mol. The monoisotopic (exact) mass is 369 g/mol. The van der Waals surface area contributed by atoms with Crippen LogP contribution < -0.4 is 10.2 Å². The fraction of sp³-hybridized carbons (Fsp3) is 0.500. The van der Waals surface area contributed by atoms with E-state index in [2.05, 4.69) is 34.4 Å². The second kappa shape index (κ2) is 8.00. The summed E-state index contributed by atoms with van der Waals surface area (Å²) >= 11 is 0. The largest absolute Gasteiger partial charge is 0.371 e. The first-order valence-electron chi connectivity index (χ1n) is 9.78. The van der Waals surface area contributed by atoms with E-state index in [4.69, 9.17) is 4.74 Å². The number of morpholine rings is 1. The van der Waals surface area contributed by atoms with Crippen molar-refractivity contribution in [1.82, 2.24) is 14.7 Å². The van der Waals surface area contributed by atoms with Gasteiger partial charge in [0.15, 0.2) is 0 Å². The van der Waals surface area contributed by atoms with Crippen molar-refractivity contribution in [1.29, 1.82) is 0 Å². The lowest BCUT2D eigenvalue weighted by atomic mass is 10.1. The summed E-state index contributed by atoms with van der Waals surface area (Å²) in [6.07, 6.45) is 6.17. The highest BCUT2D eigenvalue weighted by atomic mass is 16.5. The summed E-state index contributed by atoms with van der Waals surface area (Å²) in [6.45, 7) is 6.72. The molecule has 0 radical (unpaired) electrons. The number of hydrogen-bond donors (Lipinski definition) is 1. The Morgan fingerprint density at radius 3 is 2.93 bits per heavy atom. The van der Waals surface area contributed by atoms with Crippen LogP contribution in [0.1, 0.15) is 31.4 Å². The van der Waals surface area contributed by atoms with Crippen molar-refractivity contribution in [3.05, 3.63) is 42.2 Å². The molecule has 2 aliphatic rings. The van der Waals surface area contributed by atoms with Gasteiger partial charge in [-0.2, -0.15) is 5.10 Å². The van der Waals surface area contributed by atoms with Gasteiger partial charge in [0.1, 0.15) is 6.10 Å². The predicted molar refractivity (Wildman–Crippen MR) is 105 cm³/mol. The number of amides is 2. The molecule has 1 unspecified atom stereocenters. The van der Waals surface area contributed by atoms with E-state index in [1.54, 1.807) is 0 Å². The van der Waals surface area contributed by atoms with Crippen molar-refractivity contribution in [2.45, 2.75) is 32.4 Å². The highest BCUT2D eigenvalue weighted by Gasteiger charge is 2.26. The molecular weight excluding hydrogens is 342 g/mol. The Hall–Kier alpha value is -2.54. The molecule has 144 valence electrons. The van der Waals surface area contributed by atoms with Gasteiger partial charge >= 0.3 is 6.03 Å². The van der Waals surface area contributed by atoms with Crippen LogP contribution in [-0.4, -0.2) is 53.5 Å². The topological polar surface area (TPSA) is 62.6 Å². The molecule has 1 N–H and O–H groups in total. The van der Waals surface area contributed by atoms with Crippen LogP contribution in [0.4, 0.5) is 16.2 Å². The van der Waals surface area contributed by atoms with Crippen LogP contribution in [-0.2, 0) is 11.3 Å². The first-order chi connectivity index (χ1) is 13.2. The van der Waals surface area contributed by atoms with E-state index in [9.17, 15) is 4.79 Å². The smallest absolute Gasteiger partial charge is 0.322 e. The molecule has 1 aromatic carbocycles. The number of urea groups is 1. The Morgan fingerprint density at radius 1 is 1.30 bits per heavy atom. The minimum Gasteiger partial charge on any atom is -0.371 e. The van der Waals surface area contributed by atoms with Gasteiger partial charge in [-0.05, 0) is 38.0 Å². The Bertz CT molecular complexity index is 784. The van der Waals surface area contributed by atoms with Crippen molar-refractivity contribution in [2.75, 3.05) is 43.0 Å². The summed E-state index contributed by atoms with van der Waals surface area (Å²) < 4.78 is 7.73. The van der Waals surface area contributed by atoms with Crippen LogP contribution >= 0.6 is 0 Å². The van der Waals surface area contributed by atoms with E-state index in [1.165, 1.54) is 18.5 Å². The van der Waals surface area contributed by atoms with Gasteiger partial charge in [0, 0.05) is 49.3 Å². The summed E-state index contributed by atoms with van der Waals surface area (Å²) in [5, 5.41) is 7.36. The zero-order valence-electron chi connectivity index (χ0n) is 15.8. The summed E-state index contributed by atoms with van der Waals surface area (Å²) in [4.78, 5) is 16.9. The Kier molecular flexibility index (Phi) is 5.29. The number of anilines is 2. The molecule has 3 heterocycles. The zero-order valence-corrected chi connectivity index (χ0v) is 15.8. The number of carbonyl (C=O) groups is 1. The highest BCUT2D eigenvalue weighted by Crippen LogP contribution is 2.25. The number of benzene rings is 1. The van der Waals surface area contributed by atoms with Crippen LogP contribution in [0, 0.1) is 0 Å². The van der Waals surface area contributed by atoms with Crippen LogP contribution in [0.2, 0.25) is 0 Å². The maximum absolute atomic E-state index is 12.8. The highest BCUT2D eigenvalue weighted by molar-refractivity contribution is 5.90. The van der Waals surface area contributed by atoms with Gasteiger partial charge in [0.25, 0.3) is 0 Å². The van der Waals surface area contributed by atoms with Crippen molar-refractivity contribution < 1.29 is 9.53 Å². The van der Waals surface area contributed by atoms with Crippen LogP contribution in [0.3, 0.4) is 0 Å². The predicted octanol–water partition coefficient (Wildman–Crippen LogP) is 3.11. The van der Waals surface area contributed by atoms with Crippen molar-refractivity contribution >= 4 is 17.4 Å². The number of aromatic nitrogens is 2. The molecule has 1 atom stereocenters. The molecule has 2 saturated heterocycles. The van der Waals surface area contributed by atoms with E-state index in [-0.39, 0.29) is 12.1 Å². The second-order valence-electron chi connectivity index (χ2n) is 7.11. The molecule has 4 rings (SSSR count). The molecule has 2 fully saturated rings. The maximum atomic E-state index is 12.8. The van der Waals surface area contributed by atoms with Crippen LogP contribution in [0.25, 0.3) is 0 Å². The normalized spacial score (nSPS) is 20.1. The summed E-state index contributed by atoms with van der Waals surface area (Å²) in [6, 6.07) is 8.04. The summed E-state index contributed by atoms with van der Waals surface area (Å²) in [7, 11) is 0. The van der Waals surface area contributed by atoms with Gasteiger partial charge in [-0.1, -0.05) is 6.07 Å². The van der Waals surface area contributed by atoms with Crippen LogP contribution in [0.15, 0.2) is 36.7 Å². The molecule has 7 heteroatoms. The lowest BCUT2D eigenvalue weighted by Crippen LogP contribution is -2.44. The van der Waals surface area contributed by atoms with E-state index >= 15 is 0 Å². The van der Waals surface area contributed by atoms with E-state index in [0.29, 0.717) is 19.7 Å². The number of rotatable bonds is 4. The van der Waals surface area contributed by atoms with E-state index in [0.717, 1.165) is 30.9 Å². The van der Waals surface area contributed by atoms with E-state index in [1.807, 2.05) is 34.1 Å². The number of ether oxygens (including phenoxy) is 1. The molecule has 0 aliphatic carbocycles. The molecule has 0 saturated carbocycles. The van der Waals surface area contributed by atoms with Crippen molar-refractivity contribution in [2.24, 2.45) is 0 Å². The number of aryl methyl sites for hydroxylation is 1. The van der Waals surface area contributed by atoms with E-state index < -0.39 is 0 Å². The molecule has 0 bridgehead atoms. The molecule has 2 aliphatic heterocycles. The van der Waals surface area contributed by atoms with Gasteiger partial charge < -0.3 is 19.9 Å². The third kappa shape index (κ3) is 4.08. The molecule has 0 spiro atoms. The average Bonchev–Trinajstić information content (AvgIpc) is 3.40. The number of carbonyl (C=O) groups excluding carboxylic acids is 1. The first kappa shape index (κ1) is 17.9. The lowest BCUT2D eigenvalue weighted by Gasteiger charge is -2.32. The SMILES string of the molecule is CCn1cc(C2CN(C(=O)Nc3cccc(N4CCCC4)c3)CCO2)cn1. The Balaban J connectivity index is 1.39. The van der Waals surface area contributed by atoms with Crippen molar-refractivity contribution in [3.8, 4) is 0 Å². The van der Waals surface area contributed by atoms with Gasteiger partial charge in [-0.3, -0.25) is 4.68 Å². The summed E-state index contributed by atoms with van der Waals surface area (Å²) in [5.74, 6) is 0. The Morgan fingerprint density at radius 2 is 2.15 bits per heavy atom. The van der Waals surface area contributed by atoms with Gasteiger partial charge in [0.2, 0.25) is 0 Å². The minimum absolute atomic E-state index is 0.0789. The second-order valence-corrected chi connectivity index (χ2v) is 7.11. The lowest BCUT2D eigenvalue weighted by molar-refractivity contribution is -0.0135. The fourth-order valence-electron chi connectivity index (χ4n) is 3.71. The number of nitrogens with zero attached hydrogens (tertiary/aromatic N) is 4. The molecule has 27 heavy (non-hydrogen) atoms. The minimum atomic E-state index is -0.124. The van der Waals surface area contributed by atoms with Gasteiger partial charge in [-0.15, -0.1) is 0 Å². The zero-order chi connectivity index (χ0) is 18.6. The van der Waals surface area contributed by atoms with Gasteiger partial charge in [0.05, 0.1) is 19.3 Å². The molecule has 1 aromatic heterocycles. The standard InChI is InChI=1S/C20H27N5O2/c1-2-25-14-16(13-21-25)19-15-24(10-11-27-19)20(26)22-17-6-5-7-18(12-17)23-8-3-4-9-23/h5-7,12-14,19H,2-4,8-11,15H2,1H3,(H,22,26). The third-order valence-corrected chi connectivity index (χ3v) is 5.27. The molecule has 2 amide bonds. The number of hydrogen-bond acceptors (Lipinski definition) is 4. The maximum Gasteiger partial charge on any atom is 0.322 e. The Labute approximate surface area is 159 Å². The van der Waals surface area contributed by atoms with Crippen molar-refractivity contribution in [3.63, 3.8) is 0 Å². The van der Waals surface area contributed by atoms with Crippen LogP contribution in [0.5, 0.6) is 0 Å². The first-order valence-corrected chi connectivity index (χ1v) is 9.78.